The van der Waals surface area contributed by atoms with E-state index in [2.05, 4.69) is 50.0 Å². The average Bonchev–Trinajstić information content (AvgIpc) is 3.22. The van der Waals surface area contributed by atoms with Crippen molar-refractivity contribution in [1.29, 1.82) is 0 Å². The van der Waals surface area contributed by atoms with Crippen molar-refractivity contribution in [3.8, 4) is 28.4 Å². The topological polar surface area (TPSA) is 89.0 Å². The summed E-state index contributed by atoms with van der Waals surface area (Å²) in [6, 6.07) is 12.0. The van der Waals surface area contributed by atoms with Gasteiger partial charge in [-0.1, -0.05) is 6.07 Å². The van der Waals surface area contributed by atoms with Crippen LogP contribution in [0.3, 0.4) is 0 Å². The maximum absolute atomic E-state index is 5.85. The number of ether oxygens (including phenoxy) is 2. The number of anilines is 1. The Bertz CT molecular complexity index is 1210. The number of aromatic nitrogens is 5. The minimum atomic E-state index is 0.158. The number of nitrogens with one attached hydrogen (secondary N) is 1. The first-order chi connectivity index (χ1) is 15.1. The van der Waals surface area contributed by atoms with Gasteiger partial charge in [-0.25, -0.2) is 15.0 Å². The fourth-order valence-corrected chi connectivity index (χ4v) is 4.16. The van der Waals surface area contributed by atoms with E-state index in [0.717, 1.165) is 52.3 Å². The molecule has 0 saturated carbocycles. The van der Waals surface area contributed by atoms with Crippen LogP contribution in [-0.4, -0.2) is 57.6 Å². The van der Waals surface area contributed by atoms with E-state index in [9.17, 15) is 0 Å². The number of pyridine rings is 1. The average molecular weight is 416 g/mol. The van der Waals surface area contributed by atoms with Crippen molar-refractivity contribution in [1.82, 2.24) is 25.1 Å². The minimum Gasteiger partial charge on any atom is -0.481 e. The number of rotatable bonds is 4. The van der Waals surface area contributed by atoms with Crippen molar-refractivity contribution in [2.24, 2.45) is 0 Å². The summed E-state index contributed by atoms with van der Waals surface area (Å²) >= 11 is 0. The first-order valence-corrected chi connectivity index (χ1v) is 10.3. The van der Waals surface area contributed by atoms with E-state index in [1.807, 2.05) is 30.3 Å². The van der Waals surface area contributed by atoms with Gasteiger partial charge in [0, 0.05) is 36.3 Å². The van der Waals surface area contributed by atoms with E-state index in [0.29, 0.717) is 5.88 Å². The zero-order valence-electron chi connectivity index (χ0n) is 17.7. The summed E-state index contributed by atoms with van der Waals surface area (Å²) in [6.07, 6.45) is 3.64. The van der Waals surface area contributed by atoms with Crippen LogP contribution in [0.2, 0.25) is 0 Å². The molecule has 0 bridgehead atoms. The Hall–Kier alpha value is -3.52. The first-order valence-electron chi connectivity index (χ1n) is 10.3. The van der Waals surface area contributed by atoms with Crippen molar-refractivity contribution in [3.05, 3.63) is 48.9 Å². The van der Waals surface area contributed by atoms with Gasteiger partial charge in [-0.05, 0) is 43.7 Å². The quantitative estimate of drug-likeness (QED) is 0.542. The van der Waals surface area contributed by atoms with Crippen molar-refractivity contribution < 1.29 is 9.47 Å². The van der Waals surface area contributed by atoms with Gasteiger partial charge in [0.1, 0.15) is 17.8 Å². The molecule has 5 rings (SSSR count). The van der Waals surface area contributed by atoms with Gasteiger partial charge in [-0.15, -0.1) is 0 Å². The third kappa shape index (κ3) is 3.70. The molecule has 8 nitrogen and oxygen atoms in total. The van der Waals surface area contributed by atoms with Crippen LogP contribution in [0.25, 0.3) is 33.4 Å². The molecule has 3 aromatic heterocycles. The predicted octanol–water partition coefficient (Wildman–Crippen LogP) is 3.70. The molecule has 2 atom stereocenters. The standard InChI is InChI=1S/C23H24N6O2/c1-14-11-29(12-15(2)31-14)21-10-20(25-13-26-21)22-18-9-16(6-7-19(18)27-28-22)17-5-4-8-24-23(17)30-3/h4-10,13-15H,11-12H2,1-3H3,(H,27,28). The molecule has 0 amide bonds. The third-order valence-corrected chi connectivity index (χ3v) is 5.48. The van der Waals surface area contributed by atoms with Crippen molar-refractivity contribution >= 4 is 16.7 Å². The maximum atomic E-state index is 5.85. The molecule has 1 aromatic carbocycles. The minimum absolute atomic E-state index is 0.158. The number of morpholine rings is 1. The smallest absolute Gasteiger partial charge is 0.221 e. The van der Waals surface area contributed by atoms with Crippen LogP contribution in [0.1, 0.15) is 13.8 Å². The van der Waals surface area contributed by atoms with Gasteiger partial charge in [0.2, 0.25) is 5.88 Å². The van der Waals surface area contributed by atoms with E-state index < -0.39 is 0 Å². The van der Waals surface area contributed by atoms with Gasteiger partial charge < -0.3 is 14.4 Å². The van der Waals surface area contributed by atoms with Crippen LogP contribution in [0.5, 0.6) is 5.88 Å². The van der Waals surface area contributed by atoms with Crippen LogP contribution in [0.15, 0.2) is 48.9 Å². The highest BCUT2D eigenvalue weighted by molar-refractivity contribution is 5.95. The molecule has 2 unspecified atom stereocenters. The van der Waals surface area contributed by atoms with Gasteiger partial charge in [0.05, 0.1) is 30.5 Å². The Morgan fingerprint density at radius 2 is 1.90 bits per heavy atom. The lowest BCUT2D eigenvalue weighted by Crippen LogP contribution is -2.45. The normalized spacial score (nSPS) is 19.0. The second-order valence-corrected chi connectivity index (χ2v) is 7.82. The summed E-state index contributed by atoms with van der Waals surface area (Å²) in [4.78, 5) is 15.6. The number of benzene rings is 1. The molecule has 0 radical (unpaired) electrons. The number of hydrogen-bond donors (Lipinski definition) is 1. The molecule has 4 heterocycles. The Balaban J connectivity index is 1.55. The monoisotopic (exact) mass is 416 g/mol. The SMILES string of the molecule is COc1ncccc1-c1ccc2[nH]nc(-c3cc(N4CC(C)OC(C)C4)ncn3)c2c1. The van der Waals surface area contributed by atoms with Gasteiger partial charge in [0.15, 0.2) is 0 Å². The molecule has 4 aromatic rings. The van der Waals surface area contributed by atoms with Crippen molar-refractivity contribution in [2.45, 2.75) is 26.1 Å². The number of H-pyrrole nitrogens is 1. The van der Waals surface area contributed by atoms with Crippen molar-refractivity contribution in [3.63, 3.8) is 0 Å². The second-order valence-electron chi connectivity index (χ2n) is 7.82. The number of hydrogen-bond acceptors (Lipinski definition) is 7. The van der Waals surface area contributed by atoms with Crippen molar-refractivity contribution in [2.75, 3.05) is 25.1 Å². The van der Waals surface area contributed by atoms with Crippen LogP contribution < -0.4 is 9.64 Å². The fraction of sp³-hybridized carbons (Fsp3) is 0.304. The predicted molar refractivity (Wildman–Crippen MR) is 119 cm³/mol. The Kier molecular flexibility index (Phi) is 4.99. The number of aromatic amines is 1. The van der Waals surface area contributed by atoms with Gasteiger partial charge in [-0.2, -0.15) is 5.10 Å². The molecule has 1 saturated heterocycles. The highest BCUT2D eigenvalue weighted by atomic mass is 16.5. The first kappa shape index (κ1) is 19.4. The summed E-state index contributed by atoms with van der Waals surface area (Å²) in [7, 11) is 1.63. The lowest BCUT2D eigenvalue weighted by Gasteiger charge is -2.36. The molecule has 1 aliphatic heterocycles. The third-order valence-electron chi connectivity index (χ3n) is 5.48. The van der Waals surface area contributed by atoms with E-state index in [4.69, 9.17) is 9.47 Å². The summed E-state index contributed by atoms with van der Waals surface area (Å²) in [5, 5.41) is 8.65. The van der Waals surface area contributed by atoms with Crippen LogP contribution in [0, 0.1) is 0 Å². The van der Waals surface area contributed by atoms with Gasteiger partial charge in [-0.3, -0.25) is 5.10 Å². The summed E-state index contributed by atoms with van der Waals surface area (Å²) < 4.78 is 11.3. The molecule has 1 N–H and O–H groups in total. The molecule has 31 heavy (non-hydrogen) atoms. The molecule has 1 fully saturated rings. The molecule has 158 valence electrons. The zero-order chi connectivity index (χ0) is 21.4. The van der Waals surface area contributed by atoms with E-state index >= 15 is 0 Å². The Morgan fingerprint density at radius 1 is 1.06 bits per heavy atom. The molecule has 1 aliphatic rings. The lowest BCUT2D eigenvalue weighted by atomic mass is 10.0. The van der Waals surface area contributed by atoms with Gasteiger partial charge >= 0.3 is 0 Å². The molecule has 0 aliphatic carbocycles. The highest BCUT2D eigenvalue weighted by Gasteiger charge is 2.24. The largest absolute Gasteiger partial charge is 0.481 e. The van der Waals surface area contributed by atoms with Crippen LogP contribution in [-0.2, 0) is 4.74 Å². The maximum Gasteiger partial charge on any atom is 0.221 e. The summed E-state index contributed by atoms with van der Waals surface area (Å²) in [5.41, 5.74) is 4.44. The van der Waals surface area contributed by atoms with Crippen LogP contribution in [0.4, 0.5) is 5.82 Å². The Labute approximate surface area is 180 Å². The summed E-state index contributed by atoms with van der Waals surface area (Å²) in [5.74, 6) is 1.47. The second kappa shape index (κ2) is 7.96. The Morgan fingerprint density at radius 3 is 2.71 bits per heavy atom. The number of nitrogens with zero attached hydrogens (tertiary/aromatic N) is 5. The number of fused-ring (bicyclic) bond motifs is 1. The molecule has 0 spiro atoms. The number of methoxy groups -OCH3 is 1. The zero-order valence-corrected chi connectivity index (χ0v) is 17.7. The van der Waals surface area contributed by atoms with Crippen LogP contribution >= 0.6 is 0 Å². The molecular formula is C23H24N6O2. The molecule has 8 heteroatoms. The summed E-state index contributed by atoms with van der Waals surface area (Å²) in [6.45, 7) is 5.76. The van der Waals surface area contributed by atoms with E-state index in [1.165, 1.54) is 0 Å². The van der Waals surface area contributed by atoms with E-state index in [1.54, 1.807) is 19.6 Å². The fourth-order valence-electron chi connectivity index (χ4n) is 4.16. The molecular weight excluding hydrogens is 392 g/mol. The van der Waals surface area contributed by atoms with Gasteiger partial charge in [0.25, 0.3) is 0 Å². The lowest BCUT2D eigenvalue weighted by molar-refractivity contribution is -0.00546. The highest BCUT2D eigenvalue weighted by Crippen LogP contribution is 2.33. The van der Waals surface area contributed by atoms with E-state index in [-0.39, 0.29) is 12.2 Å².